The van der Waals surface area contributed by atoms with Crippen molar-refractivity contribution < 1.29 is 4.79 Å². The van der Waals surface area contributed by atoms with Crippen molar-refractivity contribution in [1.29, 1.82) is 0 Å². The molecule has 0 saturated heterocycles. The maximum atomic E-state index is 11.8. The number of fused-ring (bicyclic) bond motifs is 1. The molecule has 1 heterocycles. The third-order valence-corrected chi connectivity index (χ3v) is 3.09. The normalized spacial score (nSPS) is 15.7. The molecule has 0 bridgehead atoms. The highest BCUT2D eigenvalue weighted by atomic mass is 32.1. The molecule has 2 nitrogen and oxygen atoms in total. The molecular formula is C12H15NOS. The predicted octanol–water partition coefficient (Wildman–Crippen LogP) is 2.27. The van der Waals surface area contributed by atoms with E-state index in [4.69, 9.17) is 0 Å². The van der Waals surface area contributed by atoms with Gasteiger partial charge in [-0.1, -0.05) is 6.07 Å². The first-order valence-corrected chi connectivity index (χ1v) is 5.63. The van der Waals surface area contributed by atoms with Gasteiger partial charge in [0.2, 0.25) is 5.91 Å². The maximum Gasteiger partial charge on any atom is 0.227 e. The minimum absolute atomic E-state index is 0.219. The highest BCUT2D eigenvalue weighted by molar-refractivity contribution is 7.80. The number of rotatable bonds is 1. The minimum atomic E-state index is 0.219. The van der Waals surface area contributed by atoms with E-state index in [0.717, 1.165) is 17.0 Å². The van der Waals surface area contributed by atoms with Crippen molar-refractivity contribution >= 4 is 18.5 Å². The highest BCUT2D eigenvalue weighted by Crippen LogP contribution is 2.23. The molecule has 80 valence electrons. The number of thiol groups is 1. The summed E-state index contributed by atoms with van der Waals surface area (Å²) in [6.45, 7) is 4.84. The van der Waals surface area contributed by atoms with Crippen LogP contribution in [-0.2, 0) is 17.8 Å². The average molecular weight is 221 g/mol. The Kier molecular flexibility index (Phi) is 2.74. The molecule has 0 fully saturated rings. The molecule has 2 rings (SSSR count). The molecule has 0 aromatic heterocycles. The number of amides is 1. The van der Waals surface area contributed by atoms with Crippen LogP contribution in [-0.4, -0.2) is 16.8 Å². The van der Waals surface area contributed by atoms with Crippen molar-refractivity contribution in [3.05, 3.63) is 29.3 Å². The van der Waals surface area contributed by atoms with E-state index < -0.39 is 0 Å². The number of carbonyl (C=O) groups excluding carboxylic acids is 1. The van der Waals surface area contributed by atoms with Gasteiger partial charge in [-0.25, -0.2) is 0 Å². The minimum Gasteiger partial charge on any atom is -0.336 e. The Bertz CT molecular complexity index is 401. The molecule has 0 saturated carbocycles. The second-order valence-electron chi connectivity index (χ2n) is 4.25. The SMILES string of the molecule is CC(C)N1Cc2ccc(S)cc2CC1=O. The largest absolute Gasteiger partial charge is 0.336 e. The molecule has 1 aliphatic heterocycles. The van der Waals surface area contributed by atoms with Crippen LogP contribution in [0.15, 0.2) is 23.1 Å². The van der Waals surface area contributed by atoms with Crippen LogP contribution < -0.4 is 0 Å². The van der Waals surface area contributed by atoms with E-state index in [2.05, 4.69) is 32.5 Å². The third kappa shape index (κ3) is 2.02. The molecule has 0 spiro atoms. The van der Waals surface area contributed by atoms with Gasteiger partial charge >= 0.3 is 0 Å². The topological polar surface area (TPSA) is 20.3 Å². The number of nitrogens with zero attached hydrogens (tertiary/aromatic N) is 1. The average Bonchev–Trinajstić information content (AvgIpc) is 2.15. The first-order valence-electron chi connectivity index (χ1n) is 5.18. The number of carbonyl (C=O) groups is 1. The Morgan fingerprint density at radius 3 is 2.73 bits per heavy atom. The Balaban J connectivity index is 2.34. The summed E-state index contributed by atoms with van der Waals surface area (Å²) in [5.41, 5.74) is 2.38. The van der Waals surface area contributed by atoms with E-state index in [1.807, 2.05) is 17.0 Å². The van der Waals surface area contributed by atoms with Gasteiger partial charge in [-0.3, -0.25) is 4.79 Å². The molecule has 0 N–H and O–H groups in total. The fourth-order valence-electron chi connectivity index (χ4n) is 1.94. The van der Waals surface area contributed by atoms with Crippen molar-refractivity contribution in [1.82, 2.24) is 4.90 Å². The van der Waals surface area contributed by atoms with Gasteiger partial charge < -0.3 is 4.90 Å². The second-order valence-corrected chi connectivity index (χ2v) is 4.76. The molecule has 0 radical (unpaired) electrons. The van der Waals surface area contributed by atoms with E-state index in [0.29, 0.717) is 6.42 Å². The van der Waals surface area contributed by atoms with Crippen LogP contribution in [0.5, 0.6) is 0 Å². The molecule has 0 aliphatic carbocycles. The van der Waals surface area contributed by atoms with Crippen LogP contribution in [0.1, 0.15) is 25.0 Å². The van der Waals surface area contributed by atoms with Crippen LogP contribution in [0.3, 0.4) is 0 Å². The molecule has 0 unspecified atom stereocenters. The van der Waals surface area contributed by atoms with Crippen molar-refractivity contribution in [2.24, 2.45) is 0 Å². The Labute approximate surface area is 95.7 Å². The maximum absolute atomic E-state index is 11.8. The molecule has 0 atom stereocenters. The summed E-state index contributed by atoms with van der Waals surface area (Å²) >= 11 is 4.29. The van der Waals surface area contributed by atoms with Crippen LogP contribution in [0, 0.1) is 0 Å². The summed E-state index contributed by atoms with van der Waals surface area (Å²) in [5, 5.41) is 0. The smallest absolute Gasteiger partial charge is 0.227 e. The quantitative estimate of drug-likeness (QED) is 0.721. The van der Waals surface area contributed by atoms with Gasteiger partial charge in [-0.2, -0.15) is 0 Å². The van der Waals surface area contributed by atoms with Crippen molar-refractivity contribution in [2.75, 3.05) is 0 Å². The molecule has 1 aromatic carbocycles. The van der Waals surface area contributed by atoms with E-state index in [-0.39, 0.29) is 11.9 Å². The zero-order valence-corrected chi connectivity index (χ0v) is 9.92. The lowest BCUT2D eigenvalue weighted by atomic mass is 9.98. The van der Waals surface area contributed by atoms with Gasteiger partial charge in [0, 0.05) is 17.5 Å². The van der Waals surface area contributed by atoms with Crippen LogP contribution >= 0.6 is 12.6 Å². The van der Waals surface area contributed by atoms with E-state index in [9.17, 15) is 4.79 Å². The van der Waals surface area contributed by atoms with Crippen LogP contribution in [0.4, 0.5) is 0 Å². The lowest BCUT2D eigenvalue weighted by Gasteiger charge is -2.32. The first-order chi connectivity index (χ1) is 7.08. The Hall–Kier alpha value is -0.960. The molecule has 1 aromatic rings. The predicted molar refractivity (Wildman–Crippen MR) is 63.1 cm³/mol. The summed E-state index contributed by atoms with van der Waals surface area (Å²) in [5.74, 6) is 0.219. The van der Waals surface area contributed by atoms with E-state index >= 15 is 0 Å². The third-order valence-electron chi connectivity index (χ3n) is 2.82. The lowest BCUT2D eigenvalue weighted by molar-refractivity contribution is -0.133. The van der Waals surface area contributed by atoms with Crippen molar-refractivity contribution in [2.45, 2.75) is 37.8 Å². The van der Waals surface area contributed by atoms with E-state index in [1.165, 1.54) is 5.56 Å². The van der Waals surface area contributed by atoms with Gasteiger partial charge in [0.1, 0.15) is 0 Å². The fraction of sp³-hybridized carbons (Fsp3) is 0.417. The highest BCUT2D eigenvalue weighted by Gasteiger charge is 2.24. The zero-order chi connectivity index (χ0) is 11.0. The summed E-state index contributed by atoms with van der Waals surface area (Å²) in [6.07, 6.45) is 0.516. The zero-order valence-electron chi connectivity index (χ0n) is 9.03. The van der Waals surface area contributed by atoms with Crippen LogP contribution in [0.2, 0.25) is 0 Å². The monoisotopic (exact) mass is 221 g/mol. The lowest BCUT2D eigenvalue weighted by Crippen LogP contribution is -2.40. The second kappa shape index (κ2) is 3.89. The van der Waals surface area contributed by atoms with Crippen molar-refractivity contribution in [3.8, 4) is 0 Å². The van der Waals surface area contributed by atoms with Gasteiger partial charge in [0.05, 0.1) is 6.42 Å². The summed E-state index contributed by atoms with van der Waals surface area (Å²) in [6, 6.07) is 6.32. The standard InChI is InChI=1S/C12H15NOS/c1-8(2)13-7-9-3-4-11(15)5-10(9)6-12(13)14/h3-5,8,15H,6-7H2,1-2H3. The number of benzene rings is 1. The first kappa shape index (κ1) is 10.6. The van der Waals surface area contributed by atoms with Crippen LogP contribution in [0.25, 0.3) is 0 Å². The van der Waals surface area contributed by atoms with Gasteiger partial charge in [-0.15, -0.1) is 12.6 Å². The number of hydrogen-bond acceptors (Lipinski definition) is 2. The fourth-order valence-corrected chi connectivity index (χ4v) is 2.17. The summed E-state index contributed by atoms with van der Waals surface area (Å²) < 4.78 is 0. The molecule has 1 amide bonds. The molecule has 3 heteroatoms. The molecule has 15 heavy (non-hydrogen) atoms. The van der Waals surface area contributed by atoms with E-state index in [1.54, 1.807) is 0 Å². The number of hydrogen-bond donors (Lipinski definition) is 1. The van der Waals surface area contributed by atoms with Crippen molar-refractivity contribution in [3.63, 3.8) is 0 Å². The Morgan fingerprint density at radius 2 is 2.07 bits per heavy atom. The molecule has 1 aliphatic rings. The summed E-state index contributed by atoms with van der Waals surface area (Å²) in [4.78, 5) is 14.7. The van der Waals surface area contributed by atoms with Gasteiger partial charge in [0.15, 0.2) is 0 Å². The molecular weight excluding hydrogens is 206 g/mol. The summed E-state index contributed by atoms with van der Waals surface area (Å²) in [7, 11) is 0. The Morgan fingerprint density at radius 1 is 1.33 bits per heavy atom. The van der Waals surface area contributed by atoms with Gasteiger partial charge in [0.25, 0.3) is 0 Å². The van der Waals surface area contributed by atoms with Gasteiger partial charge in [-0.05, 0) is 37.1 Å².